The summed E-state index contributed by atoms with van der Waals surface area (Å²) in [5.74, 6) is -0.0158. The number of hydrogen-bond acceptors (Lipinski definition) is 4. The van der Waals surface area contributed by atoms with E-state index < -0.39 is 0 Å². The maximum absolute atomic E-state index is 11.9. The van der Waals surface area contributed by atoms with Crippen LogP contribution in [-0.4, -0.2) is 36.8 Å². The van der Waals surface area contributed by atoms with E-state index in [2.05, 4.69) is 10.3 Å². The average Bonchev–Trinajstić information content (AvgIpc) is 2.49. The summed E-state index contributed by atoms with van der Waals surface area (Å²) >= 11 is 0. The van der Waals surface area contributed by atoms with Gasteiger partial charge in [-0.1, -0.05) is 6.92 Å². The van der Waals surface area contributed by atoms with Crippen molar-refractivity contribution in [2.75, 3.05) is 25.1 Å². The van der Waals surface area contributed by atoms with Crippen molar-refractivity contribution in [3.8, 4) is 0 Å². The minimum Gasteiger partial charge on any atom is -0.381 e. The van der Waals surface area contributed by atoms with Gasteiger partial charge in [-0.05, 0) is 30.9 Å². The Balaban J connectivity index is 1.72. The fourth-order valence-corrected chi connectivity index (χ4v) is 2.20. The molecule has 0 unspecified atom stereocenters. The second-order valence-corrected chi connectivity index (χ2v) is 4.87. The van der Waals surface area contributed by atoms with Crippen LogP contribution in [0.3, 0.4) is 0 Å². The van der Waals surface area contributed by atoms with Gasteiger partial charge in [-0.25, -0.2) is 0 Å². The van der Waals surface area contributed by atoms with E-state index in [0.29, 0.717) is 13.0 Å². The molecule has 1 aromatic rings. The van der Waals surface area contributed by atoms with Crippen molar-refractivity contribution < 1.29 is 14.3 Å². The van der Waals surface area contributed by atoms with E-state index in [4.69, 9.17) is 9.47 Å². The van der Waals surface area contributed by atoms with Crippen molar-refractivity contribution in [1.82, 2.24) is 4.98 Å². The van der Waals surface area contributed by atoms with E-state index in [1.807, 2.05) is 13.0 Å². The first-order valence-electron chi connectivity index (χ1n) is 7.21. The lowest BCUT2D eigenvalue weighted by molar-refractivity contribution is -0.118. The lowest BCUT2D eigenvalue weighted by Gasteiger charge is -2.22. The molecule has 0 aromatic carbocycles. The molecule has 1 aliphatic rings. The van der Waals surface area contributed by atoms with Gasteiger partial charge in [-0.2, -0.15) is 0 Å². The lowest BCUT2D eigenvalue weighted by Crippen LogP contribution is -2.25. The van der Waals surface area contributed by atoms with Gasteiger partial charge in [0.2, 0.25) is 5.91 Å². The van der Waals surface area contributed by atoms with E-state index in [0.717, 1.165) is 43.7 Å². The van der Waals surface area contributed by atoms with Crippen LogP contribution in [-0.2, 0) is 20.7 Å². The highest BCUT2D eigenvalue weighted by molar-refractivity contribution is 5.91. The van der Waals surface area contributed by atoms with Crippen LogP contribution in [0.1, 0.15) is 31.7 Å². The van der Waals surface area contributed by atoms with Gasteiger partial charge in [0.05, 0.1) is 19.1 Å². The third-order valence-corrected chi connectivity index (χ3v) is 3.41. The Bertz CT molecular complexity index is 431. The van der Waals surface area contributed by atoms with Crippen LogP contribution in [0.2, 0.25) is 0 Å². The number of aromatic nitrogens is 1. The third kappa shape index (κ3) is 4.58. The molecule has 1 aliphatic heterocycles. The lowest BCUT2D eigenvalue weighted by atomic mass is 10.1. The number of hydrogen-bond donors (Lipinski definition) is 1. The summed E-state index contributed by atoms with van der Waals surface area (Å²) in [4.78, 5) is 15.9. The molecule has 20 heavy (non-hydrogen) atoms. The van der Waals surface area contributed by atoms with Crippen LogP contribution >= 0.6 is 0 Å². The Morgan fingerprint density at radius 3 is 3.05 bits per heavy atom. The van der Waals surface area contributed by atoms with Crippen LogP contribution in [0.4, 0.5) is 5.69 Å². The van der Waals surface area contributed by atoms with Gasteiger partial charge in [0.15, 0.2) is 0 Å². The SMILES string of the molecule is CCc1cnccc1NC(=O)CCOC1CCOCC1. The molecule has 1 amide bonds. The molecule has 2 heterocycles. The van der Waals surface area contributed by atoms with Gasteiger partial charge >= 0.3 is 0 Å². The topological polar surface area (TPSA) is 60.5 Å². The minimum absolute atomic E-state index is 0.0158. The average molecular weight is 278 g/mol. The fraction of sp³-hybridized carbons (Fsp3) is 0.600. The highest BCUT2D eigenvalue weighted by Gasteiger charge is 2.14. The van der Waals surface area contributed by atoms with Crippen molar-refractivity contribution in [2.24, 2.45) is 0 Å². The molecule has 1 N–H and O–H groups in total. The molecule has 0 atom stereocenters. The Hall–Kier alpha value is -1.46. The summed E-state index contributed by atoms with van der Waals surface area (Å²) in [6.07, 6.45) is 6.79. The summed E-state index contributed by atoms with van der Waals surface area (Å²) in [6, 6.07) is 1.83. The number of carbonyl (C=O) groups is 1. The van der Waals surface area contributed by atoms with Gasteiger partial charge in [0.1, 0.15) is 0 Å². The van der Waals surface area contributed by atoms with E-state index >= 15 is 0 Å². The molecule has 0 saturated carbocycles. The van der Waals surface area contributed by atoms with E-state index in [9.17, 15) is 4.79 Å². The molecular formula is C15H22N2O3. The molecular weight excluding hydrogens is 256 g/mol. The molecule has 0 aliphatic carbocycles. The Morgan fingerprint density at radius 2 is 2.30 bits per heavy atom. The van der Waals surface area contributed by atoms with Gasteiger partial charge in [0, 0.05) is 31.3 Å². The van der Waals surface area contributed by atoms with Crippen LogP contribution in [0.15, 0.2) is 18.5 Å². The number of carbonyl (C=O) groups excluding carboxylic acids is 1. The number of anilines is 1. The predicted molar refractivity (Wildman–Crippen MR) is 76.7 cm³/mol. The highest BCUT2D eigenvalue weighted by Crippen LogP contribution is 2.14. The monoisotopic (exact) mass is 278 g/mol. The second-order valence-electron chi connectivity index (χ2n) is 4.87. The Kier molecular flexibility index (Phi) is 5.95. The zero-order valence-electron chi connectivity index (χ0n) is 11.9. The normalized spacial score (nSPS) is 16.1. The minimum atomic E-state index is -0.0158. The number of ether oxygens (including phenoxy) is 2. The standard InChI is InChI=1S/C15H22N2O3/c1-2-12-11-16-7-3-14(12)17-15(18)6-10-20-13-4-8-19-9-5-13/h3,7,11,13H,2,4-6,8-10H2,1H3,(H,16,17,18). The molecule has 1 aromatic heterocycles. The zero-order chi connectivity index (χ0) is 14.2. The van der Waals surface area contributed by atoms with Crippen LogP contribution in [0, 0.1) is 0 Å². The van der Waals surface area contributed by atoms with Crippen molar-refractivity contribution in [1.29, 1.82) is 0 Å². The van der Waals surface area contributed by atoms with E-state index in [1.54, 1.807) is 12.4 Å². The largest absolute Gasteiger partial charge is 0.381 e. The molecule has 5 heteroatoms. The number of aryl methyl sites for hydroxylation is 1. The highest BCUT2D eigenvalue weighted by atomic mass is 16.5. The number of amides is 1. The molecule has 1 fully saturated rings. The number of nitrogens with zero attached hydrogens (tertiary/aromatic N) is 1. The molecule has 5 nitrogen and oxygen atoms in total. The van der Waals surface area contributed by atoms with Crippen molar-refractivity contribution in [3.05, 3.63) is 24.0 Å². The van der Waals surface area contributed by atoms with Crippen LogP contribution in [0.5, 0.6) is 0 Å². The first-order chi connectivity index (χ1) is 9.79. The number of rotatable bonds is 6. The maximum Gasteiger partial charge on any atom is 0.226 e. The van der Waals surface area contributed by atoms with Crippen molar-refractivity contribution in [2.45, 2.75) is 38.7 Å². The molecule has 0 spiro atoms. The first kappa shape index (κ1) is 14.9. The summed E-state index contributed by atoms with van der Waals surface area (Å²) in [7, 11) is 0. The Labute approximate surface area is 119 Å². The van der Waals surface area contributed by atoms with Crippen LogP contribution in [0.25, 0.3) is 0 Å². The summed E-state index contributed by atoms with van der Waals surface area (Å²) in [6.45, 7) is 4.02. The van der Waals surface area contributed by atoms with Gasteiger partial charge in [-0.15, -0.1) is 0 Å². The van der Waals surface area contributed by atoms with Gasteiger partial charge in [-0.3, -0.25) is 9.78 Å². The molecule has 0 radical (unpaired) electrons. The summed E-state index contributed by atoms with van der Waals surface area (Å²) in [5.41, 5.74) is 1.89. The van der Waals surface area contributed by atoms with Gasteiger partial charge in [0.25, 0.3) is 0 Å². The van der Waals surface area contributed by atoms with E-state index in [1.165, 1.54) is 0 Å². The van der Waals surface area contributed by atoms with Crippen molar-refractivity contribution >= 4 is 11.6 Å². The Morgan fingerprint density at radius 1 is 1.50 bits per heavy atom. The maximum atomic E-state index is 11.9. The first-order valence-corrected chi connectivity index (χ1v) is 7.21. The second kappa shape index (κ2) is 7.97. The molecule has 0 bridgehead atoms. The molecule has 1 saturated heterocycles. The summed E-state index contributed by atoms with van der Waals surface area (Å²) in [5, 5.41) is 2.92. The van der Waals surface area contributed by atoms with Crippen LogP contribution < -0.4 is 5.32 Å². The number of nitrogens with one attached hydrogen (secondary N) is 1. The summed E-state index contributed by atoms with van der Waals surface area (Å²) < 4.78 is 11.0. The van der Waals surface area contributed by atoms with Crippen molar-refractivity contribution in [3.63, 3.8) is 0 Å². The van der Waals surface area contributed by atoms with Gasteiger partial charge < -0.3 is 14.8 Å². The smallest absolute Gasteiger partial charge is 0.226 e. The quantitative estimate of drug-likeness (QED) is 0.866. The zero-order valence-corrected chi connectivity index (χ0v) is 11.9. The molecule has 110 valence electrons. The molecule has 2 rings (SSSR count). The fourth-order valence-electron chi connectivity index (χ4n) is 2.20. The number of pyridine rings is 1. The third-order valence-electron chi connectivity index (χ3n) is 3.41. The predicted octanol–water partition coefficient (Wildman–Crippen LogP) is 2.17. The van der Waals surface area contributed by atoms with E-state index in [-0.39, 0.29) is 12.0 Å².